The summed E-state index contributed by atoms with van der Waals surface area (Å²) in [4.78, 5) is 0. The highest BCUT2D eigenvalue weighted by molar-refractivity contribution is 5.52. The number of benzene rings is 1. The fourth-order valence-corrected chi connectivity index (χ4v) is 1.83. The highest BCUT2D eigenvalue weighted by Gasteiger charge is 2.17. The number of anilines is 1. The third kappa shape index (κ3) is 4.48. The van der Waals surface area contributed by atoms with Gasteiger partial charge in [0.15, 0.2) is 0 Å². The summed E-state index contributed by atoms with van der Waals surface area (Å²) in [7, 11) is 0. The highest BCUT2D eigenvalue weighted by Crippen LogP contribution is 2.24. The Labute approximate surface area is 105 Å². The molecule has 17 heavy (non-hydrogen) atoms. The molecule has 92 valence electrons. The van der Waals surface area contributed by atoms with Crippen molar-refractivity contribution < 1.29 is 0 Å². The molecule has 0 bridgehead atoms. The maximum Gasteiger partial charge on any atom is 0.0621 e. The second kappa shape index (κ2) is 5.72. The molecule has 0 unspecified atom stereocenters. The molecular formula is C15H22N2. The quantitative estimate of drug-likeness (QED) is 0.828. The number of hydrogen-bond donors (Lipinski definition) is 1. The van der Waals surface area contributed by atoms with Crippen molar-refractivity contribution in [3.8, 4) is 6.07 Å². The molecule has 0 fully saturated rings. The molecule has 1 rings (SSSR count). The molecule has 0 atom stereocenters. The molecule has 0 aromatic heterocycles. The van der Waals surface area contributed by atoms with Gasteiger partial charge in [0.05, 0.1) is 6.07 Å². The smallest absolute Gasteiger partial charge is 0.0621 e. The first-order chi connectivity index (χ1) is 7.94. The Morgan fingerprint density at radius 3 is 2.59 bits per heavy atom. The Morgan fingerprint density at radius 2 is 2.00 bits per heavy atom. The lowest BCUT2D eigenvalue weighted by molar-refractivity contribution is 0.364. The second-order valence-corrected chi connectivity index (χ2v) is 5.49. The molecule has 2 nitrogen and oxygen atoms in total. The van der Waals surface area contributed by atoms with E-state index in [0.29, 0.717) is 6.42 Å². The maximum absolute atomic E-state index is 8.62. The van der Waals surface area contributed by atoms with Crippen LogP contribution in [0.5, 0.6) is 0 Å². The van der Waals surface area contributed by atoms with Crippen LogP contribution >= 0.6 is 0 Å². The van der Waals surface area contributed by atoms with Gasteiger partial charge in [-0.3, -0.25) is 0 Å². The van der Waals surface area contributed by atoms with Crippen LogP contribution in [-0.4, -0.2) is 6.54 Å². The van der Waals surface area contributed by atoms with Crippen molar-refractivity contribution in [3.63, 3.8) is 0 Å². The summed E-state index contributed by atoms with van der Waals surface area (Å²) < 4.78 is 0. The third-order valence-electron chi connectivity index (χ3n) is 3.05. The first kappa shape index (κ1) is 13.6. The summed E-state index contributed by atoms with van der Waals surface area (Å²) in [6.45, 7) is 9.52. The SMILES string of the molecule is Cc1ccc(NCC(C)(C)CCC#N)c(C)c1. The number of nitrogens with zero attached hydrogens (tertiary/aromatic N) is 1. The Balaban J connectivity index is 2.58. The summed E-state index contributed by atoms with van der Waals surface area (Å²) >= 11 is 0. The summed E-state index contributed by atoms with van der Waals surface area (Å²) in [6.07, 6.45) is 1.56. The van der Waals surface area contributed by atoms with Crippen molar-refractivity contribution in [2.75, 3.05) is 11.9 Å². The normalized spacial score (nSPS) is 11.0. The maximum atomic E-state index is 8.62. The molecule has 1 N–H and O–H groups in total. The van der Waals surface area contributed by atoms with Gasteiger partial charge in [-0.05, 0) is 37.3 Å². The summed E-state index contributed by atoms with van der Waals surface area (Å²) in [6, 6.07) is 8.65. The lowest BCUT2D eigenvalue weighted by Crippen LogP contribution is -2.23. The molecule has 2 heteroatoms. The Kier molecular flexibility index (Phi) is 4.57. The van der Waals surface area contributed by atoms with Crippen molar-refractivity contribution in [2.45, 2.75) is 40.5 Å². The van der Waals surface area contributed by atoms with Gasteiger partial charge in [-0.25, -0.2) is 0 Å². The van der Waals surface area contributed by atoms with Crippen LogP contribution in [-0.2, 0) is 0 Å². The van der Waals surface area contributed by atoms with Crippen molar-refractivity contribution in [1.82, 2.24) is 0 Å². The molecule has 1 aromatic rings. The van der Waals surface area contributed by atoms with Crippen LogP contribution in [0.4, 0.5) is 5.69 Å². The summed E-state index contributed by atoms with van der Waals surface area (Å²) in [5.74, 6) is 0. The minimum absolute atomic E-state index is 0.160. The van der Waals surface area contributed by atoms with Gasteiger partial charge >= 0.3 is 0 Å². The molecule has 1 aromatic carbocycles. The molecule has 0 saturated heterocycles. The van der Waals surface area contributed by atoms with Gasteiger partial charge in [0.1, 0.15) is 0 Å². The van der Waals surface area contributed by atoms with Crippen LogP contribution in [0.2, 0.25) is 0 Å². The van der Waals surface area contributed by atoms with Crippen LogP contribution in [0.1, 0.15) is 37.8 Å². The second-order valence-electron chi connectivity index (χ2n) is 5.49. The number of aryl methyl sites for hydroxylation is 2. The van der Waals surface area contributed by atoms with Gasteiger partial charge in [0.2, 0.25) is 0 Å². The average molecular weight is 230 g/mol. The largest absolute Gasteiger partial charge is 0.384 e. The van der Waals surface area contributed by atoms with E-state index in [1.54, 1.807) is 0 Å². The molecule has 0 radical (unpaired) electrons. The van der Waals surface area contributed by atoms with Crippen LogP contribution < -0.4 is 5.32 Å². The van der Waals surface area contributed by atoms with E-state index < -0.39 is 0 Å². The fraction of sp³-hybridized carbons (Fsp3) is 0.533. The molecule has 0 aliphatic rings. The van der Waals surface area contributed by atoms with E-state index in [-0.39, 0.29) is 5.41 Å². The molecule has 0 aliphatic carbocycles. The van der Waals surface area contributed by atoms with Crippen molar-refractivity contribution in [2.24, 2.45) is 5.41 Å². The highest BCUT2D eigenvalue weighted by atomic mass is 14.9. The Morgan fingerprint density at radius 1 is 1.29 bits per heavy atom. The van der Waals surface area contributed by atoms with Gasteiger partial charge in [0, 0.05) is 18.7 Å². The van der Waals surface area contributed by atoms with E-state index in [1.165, 1.54) is 16.8 Å². The zero-order valence-electron chi connectivity index (χ0n) is 11.3. The minimum Gasteiger partial charge on any atom is -0.384 e. The fourth-order valence-electron chi connectivity index (χ4n) is 1.83. The van der Waals surface area contributed by atoms with Crippen molar-refractivity contribution in [3.05, 3.63) is 29.3 Å². The van der Waals surface area contributed by atoms with E-state index >= 15 is 0 Å². The van der Waals surface area contributed by atoms with Crippen molar-refractivity contribution >= 4 is 5.69 Å². The van der Waals surface area contributed by atoms with E-state index in [1.807, 2.05) is 0 Å². The predicted molar refractivity (Wildman–Crippen MR) is 73.0 cm³/mol. The van der Waals surface area contributed by atoms with E-state index in [4.69, 9.17) is 5.26 Å². The zero-order chi connectivity index (χ0) is 12.9. The van der Waals surface area contributed by atoms with Crippen molar-refractivity contribution in [1.29, 1.82) is 5.26 Å². The Bertz CT molecular complexity index is 413. The van der Waals surface area contributed by atoms with Gasteiger partial charge in [0.25, 0.3) is 0 Å². The Hall–Kier alpha value is -1.49. The van der Waals surface area contributed by atoms with E-state index in [2.05, 4.69) is 57.3 Å². The van der Waals surface area contributed by atoms with Gasteiger partial charge in [-0.1, -0.05) is 31.5 Å². The molecule has 0 amide bonds. The predicted octanol–water partition coefficient (Wildman–Crippen LogP) is 4.05. The van der Waals surface area contributed by atoms with Crippen LogP contribution in [0.25, 0.3) is 0 Å². The minimum atomic E-state index is 0.160. The standard InChI is InChI=1S/C15H22N2/c1-12-6-7-14(13(2)10-12)17-11-15(3,4)8-5-9-16/h6-7,10,17H,5,8,11H2,1-4H3. The summed E-state index contributed by atoms with van der Waals surface area (Å²) in [5, 5.41) is 12.1. The molecule has 0 spiro atoms. The number of nitriles is 1. The first-order valence-corrected chi connectivity index (χ1v) is 6.13. The van der Waals surface area contributed by atoms with Gasteiger partial charge in [-0.2, -0.15) is 5.26 Å². The van der Waals surface area contributed by atoms with E-state index in [9.17, 15) is 0 Å². The number of hydrogen-bond acceptors (Lipinski definition) is 2. The van der Waals surface area contributed by atoms with Crippen LogP contribution in [0, 0.1) is 30.6 Å². The molecule has 0 saturated carbocycles. The number of nitrogens with one attached hydrogen (secondary N) is 1. The zero-order valence-corrected chi connectivity index (χ0v) is 11.3. The first-order valence-electron chi connectivity index (χ1n) is 6.13. The lowest BCUT2D eigenvalue weighted by atomic mass is 9.88. The van der Waals surface area contributed by atoms with E-state index in [0.717, 1.165) is 13.0 Å². The van der Waals surface area contributed by atoms with Gasteiger partial charge in [-0.15, -0.1) is 0 Å². The third-order valence-corrected chi connectivity index (χ3v) is 3.05. The molecule has 0 aliphatic heterocycles. The molecule has 0 heterocycles. The van der Waals surface area contributed by atoms with Crippen LogP contribution in [0.3, 0.4) is 0 Å². The molecular weight excluding hydrogens is 208 g/mol. The van der Waals surface area contributed by atoms with Gasteiger partial charge < -0.3 is 5.32 Å². The average Bonchev–Trinajstić information content (AvgIpc) is 2.25. The number of rotatable bonds is 5. The topological polar surface area (TPSA) is 35.8 Å². The monoisotopic (exact) mass is 230 g/mol. The lowest BCUT2D eigenvalue weighted by Gasteiger charge is -2.25. The summed E-state index contributed by atoms with van der Waals surface area (Å²) in [5.41, 5.74) is 3.92. The van der Waals surface area contributed by atoms with Crippen LogP contribution in [0.15, 0.2) is 18.2 Å².